The van der Waals surface area contributed by atoms with Crippen LogP contribution in [0.2, 0.25) is 0 Å². The maximum Gasteiger partial charge on any atom is 0.269 e. The molecule has 0 saturated carbocycles. The number of nitrogens with one attached hydrogen (secondary N) is 1. The lowest BCUT2D eigenvalue weighted by atomic mass is 10.2. The number of para-hydroxylation sites is 1. The van der Waals surface area contributed by atoms with Gasteiger partial charge in [0.2, 0.25) is 0 Å². The summed E-state index contributed by atoms with van der Waals surface area (Å²) in [6, 6.07) is 16.7. The minimum Gasteiger partial charge on any atom is -0.347 e. The Balaban J connectivity index is 2.17. The number of hydrogen-bond donors (Lipinski definition) is 1. The minimum absolute atomic E-state index is 0.0657. The molecule has 0 radical (unpaired) electrons. The number of nitro benzene ring substituents is 1. The van der Waals surface area contributed by atoms with Crippen LogP contribution in [0.15, 0.2) is 66.4 Å². The smallest absolute Gasteiger partial charge is 0.269 e. The largest absolute Gasteiger partial charge is 0.347 e. The van der Waals surface area contributed by atoms with E-state index in [2.05, 4.69) is 5.32 Å². The summed E-state index contributed by atoms with van der Waals surface area (Å²) in [5.41, 5.74) is 1.10. The molecule has 7 nitrogen and oxygen atoms in total. The number of nitriles is 1. The van der Waals surface area contributed by atoms with Gasteiger partial charge in [-0.05, 0) is 31.2 Å². The zero-order chi connectivity index (χ0) is 18.2. The predicted octanol–water partition coefficient (Wildman–Crippen LogP) is 3.47. The van der Waals surface area contributed by atoms with E-state index in [-0.39, 0.29) is 11.3 Å². The Kier molecular flexibility index (Phi) is 5.85. The third-order valence-electron chi connectivity index (χ3n) is 3.41. The van der Waals surface area contributed by atoms with Crippen molar-refractivity contribution in [1.29, 1.82) is 5.26 Å². The average Bonchev–Trinajstić information content (AvgIpc) is 2.63. The molecular formula is C18H16N4O3. The Morgan fingerprint density at radius 1 is 1.24 bits per heavy atom. The van der Waals surface area contributed by atoms with Gasteiger partial charge in [0.25, 0.3) is 11.6 Å². The van der Waals surface area contributed by atoms with Gasteiger partial charge in [0.1, 0.15) is 11.6 Å². The zero-order valence-electron chi connectivity index (χ0n) is 13.5. The van der Waals surface area contributed by atoms with Crippen molar-refractivity contribution in [2.75, 3.05) is 16.8 Å². The summed E-state index contributed by atoms with van der Waals surface area (Å²) >= 11 is 0. The van der Waals surface area contributed by atoms with Gasteiger partial charge in [0.05, 0.1) is 4.92 Å². The molecule has 0 unspecified atom stereocenters. The van der Waals surface area contributed by atoms with Gasteiger partial charge in [-0.15, -0.1) is 0 Å². The van der Waals surface area contributed by atoms with Crippen molar-refractivity contribution in [3.8, 4) is 6.07 Å². The molecule has 0 saturated heterocycles. The van der Waals surface area contributed by atoms with Gasteiger partial charge in [-0.2, -0.15) is 5.26 Å². The Bertz CT molecular complexity index is 824. The van der Waals surface area contributed by atoms with Gasteiger partial charge in [0.15, 0.2) is 0 Å². The maximum atomic E-state index is 12.3. The summed E-state index contributed by atoms with van der Waals surface area (Å²) in [6.45, 7) is 2.49. The number of nitrogens with zero attached hydrogens (tertiary/aromatic N) is 3. The highest BCUT2D eigenvalue weighted by molar-refractivity contribution is 6.06. The van der Waals surface area contributed by atoms with Crippen molar-refractivity contribution in [3.05, 3.63) is 76.5 Å². The van der Waals surface area contributed by atoms with E-state index in [0.29, 0.717) is 12.2 Å². The lowest BCUT2D eigenvalue weighted by molar-refractivity contribution is -0.384. The monoisotopic (exact) mass is 336 g/mol. The molecule has 25 heavy (non-hydrogen) atoms. The molecule has 2 aromatic carbocycles. The van der Waals surface area contributed by atoms with Gasteiger partial charge < -0.3 is 10.2 Å². The Labute approximate surface area is 145 Å². The molecule has 0 fully saturated rings. The summed E-state index contributed by atoms with van der Waals surface area (Å²) in [4.78, 5) is 24.2. The predicted molar refractivity (Wildman–Crippen MR) is 94.9 cm³/mol. The van der Waals surface area contributed by atoms with E-state index in [1.54, 1.807) is 4.90 Å². The molecule has 0 heterocycles. The summed E-state index contributed by atoms with van der Waals surface area (Å²) in [6.07, 6.45) is 1.48. The number of rotatable bonds is 6. The van der Waals surface area contributed by atoms with Gasteiger partial charge in [0, 0.05) is 36.3 Å². The van der Waals surface area contributed by atoms with Crippen molar-refractivity contribution >= 4 is 23.0 Å². The number of benzene rings is 2. The highest BCUT2D eigenvalue weighted by Crippen LogP contribution is 2.17. The summed E-state index contributed by atoms with van der Waals surface area (Å²) in [5.74, 6) is -0.578. The van der Waals surface area contributed by atoms with Crippen LogP contribution in [0, 0.1) is 21.4 Å². The van der Waals surface area contributed by atoms with E-state index in [0.717, 1.165) is 5.69 Å². The number of non-ortho nitro benzene ring substituents is 1. The SMILES string of the molecule is CCN(/C=C(/C#N)C(=O)Nc1ccc([N+](=O)[O-])cc1)c1ccccc1. The lowest BCUT2D eigenvalue weighted by Gasteiger charge is -2.18. The number of amides is 1. The molecule has 0 atom stereocenters. The second kappa shape index (κ2) is 8.26. The molecule has 126 valence electrons. The first-order valence-electron chi connectivity index (χ1n) is 7.54. The normalized spacial score (nSPS) is 10.6. The first kappa shape index (κ1) is 17.7. The lowest BCUT2D eigenvalue weighted by Crippen LogP contribution is -2.20. The second-order valence-corrected chi connectivity index (χ2v) is 5.03. The van der Waals surface area contributed by atoms with Crippen molar-refractivity contribution in [1.82, 2.24) is 0 Å². The summed E-state index contributed by atoms with van der Waals surface area (Å²) in [5, 5.41) is 22.5. The van der Waals surface area contributed by atoms with Crippen LogP contribution in [0.25, 0.3) is 0 Å². The van der Waals surface area contributed by atoms with Gasteiger partial charge in [-0.25, -0.2) is 0 Å². The van der Waals surface area contributed by atoms with Crippen LogP contribution < -0.4 is 10.2 Å². The average molecular weight is 336 g/mol. The van der Waals surface area contributed by atoms with Crippen LogP contribution in [0.1, 0.15) is 6.92 Å². The van der Waals surface area contributed by atoms with Gasteiger partial charge >= 0.3 is 0 Å². The third-order valence-corrected chi connectivity index (χ3v) is 3.41. The standard InChI is InChI=1S/C18H16N4O3/c1-2-21(16-6-4-3-5-7-16)13-14(12-19)18(23)20-15-8-10-17(11-9-15)22(24)25/h3-11,13H,2H2,1H3,(H,20,23)/b14-13-. The van der Waals surface area contributed by atoms with Crippen molar-refractivity contribution < 1.29 is 9.72 Å². The minimum atomic E-state index is -0.578. The number of nitro groups is 1. The van der Waals surface area contributed by atoms with Crippen LogP contribution in [-0.2, 0) is 4.79 Å². The molecule has 0 aliphatic rings. The Morgan fingerprint density at radius 2 is 1.88 bits per heavy atom. The zero-order valence-corrected chi connectivity index (χ0v) is 13.5. The number of hydrogen-bond acceptors (Lipinski definition) is 5. The third kappa shape index (κ3) is 4.65. The van der Waals surface area contributed by atoms with E-state index in [1.807, 2.05) is 43.3 Å². The van der Waals surface area contributed by atoms with E-state index < -0.39 is 10.8 Å². The van der Waals surface area contributed by atoms with E-state index in [1.165, 1.54) is 30.5 Å². The Hall–Kier alpha value is -3.66. The van der Waals surface area contributed by atoms with Crippen molar-refractivity contribution in [2.24, 2.45) is 0 Å². The molecule has 7 heteroatoms. The van der Waals surface area contributed by atoms with E-state index in [4.69, 9.17) is 0 Å². The second-order valence-electron chi connectivity index (χ2n) is 5.03. The first-order chi connectivity index (χ1) is 12.0. The molecule has 2 aromatic rings. The molecule has 1 amide bonds. The topological polar surface area (TPSA) is 99.3 Å². The fourth-order valence-corrected chi connectivity index (χ4v) is 2.13. The summed E-state index contributed by atoms with van der Waals surface area (Å²) in [7, 11) is 0. The van der Waals surface area contributed by atoms with Crippen molar-refractivity contribution in [2.45, 2.75) is 6.92 Å². The molecule has 0 aliphatic carbocycles. The summed E-state index contributed by atoms with van der Waals surface area (Å²) < 4.78 is 0. The van der Waals surface area contributed by atoms with Crippen LogP contribution in [0.5, 0.6) is 0 Å². The van der Waals surface area contributed by atoms with Gasteiger partial charge in [-0.1, -0.05) is 18.2 Å². The molecule has 0 spiro atoms. The fourth-order valence-electron chi connectivity index (χ4n) is 2.13. The number of carbonyl (C=O) groups excluding carboxylic acids is 1. The maximum absolute atomic E-state index is 12.3. The van der Waals surface area contributed by atoms with Crippen molar-refractivity contribution in [3.63, 3.8) is 0 Å². The molecule has 0 bridgehead atoms. The van der Waals surface area contributed by atoms with E-state index in [9.17, 15) is 20.2 Å². The number of anilines is 2. The number of carbonyl (C=O) groups is 1. The first-order valence-corrected chi connectivity index (χ1v) is 7.54. The molecule has 0 aliphatic heterocycles. The molecule has 0 aromatic heterocycles. The molecular weight excluding hydrogens is 320 g/mol. The Morgan fingerprint density at radius 3 is 2.40 bits per heavy atom. The van der Waals surface area contributed by atoms with Crippen LogP contribution in [0.3, 0.4) is 0 Å². The highest BCUT2D eigenvalue weighted by Gasteiger charge is 2.13. The fraction of sp³-hybridized carbons (Fsp3) is 0.111. The van der Waals surface area contributed by atoms with Crippen LogP contribution in [0.4, 0.5) is 17.1 Å². The van der Waals surface area contributed by atoms with Gasteiger partial charge in [-0.3, -0.25) is 14.9 Å². The van der Waals surface area contributed by atoms with E-state index >= 15 is 0 Å². The highest BCUT2D eigenvalue weighted by atomic mass is 16.6. The molecule has 2 rings (SSSR count). The van der Waals surface area contributed by atoms with Crippen LogP contribution in [-0.4, -0.2) is 17.4 Å². The van der Waals surface area contributed by atoms with Crippen LogP contribution >= 0.6 is 0 Å². The molecule has 1 N–H and O–H groups in total. The quantitative estimate of drug-likeness (QED) is 0.377.